The minimum absolute atomic E-state index is 0.486. The van der Waals surface area contributed by atoms with Crippen molar-refractivity contribution >= 4 is 0 Å². The summed E-state index contributed by atoms with van der Waals surface area (Å²) in [4.78, 5) is 0. The number of allylic oxidation sites excluding steroid dienone is 2. The van der Waals surface area contributed by atoms with Gasteiger partial charge in [-0.05, 0) is 91.3 Å². The van der Waals surface area contributed by atoms with Crippen molar-refractivity contribution in [2.75, 3.05) is 0 Å². The van der Waals surface area contributed by atoms with Crippen molar-refractivity contribution < 1.29 is 0 Å². The predicted octanol–water partition coefficient (Wildman–Crippen LogP) is 8.66. The highest BCUT2D eigenvalue weighted by molar-refractivity contribution is 5.22. The van der Waals surface area contributed by atoms with Crippen LogP contribution in [0.2, 0.25) is 0 Å². The molecule has 0 spiro atoms. The summed E-state index contributed by atoms with van der Waals surface area (Å²) in [5.41, 5.74) is 2.90. The topological polar surface area (TPSA) is 0 Å². The first-order valence-electron chi connectivity index (χ1n) is 12.5. The molecule has 0 N–H and O–H groups in total. The molecule has 0 bridgehead atoms. The highest BCUT2D eigenvalue weighted by Crippen LogP contribution is 2.66. The van der Waals surface area contributed by atoms with Gasteiger partial charge in [0.05, 0.1) is 0 Å². The zero-order valence-electron chi connectivity index (χ0n) is 19.6. The second-order valence-corrected chi connectivity index (χ2v) is 11.5. The zero-order valence-corrected chi connectivity index (χ0v) is 19.6. The fraction of sp³-hybridized carbons (Fsp3) is 0.926. The summed E-state index contributed by atoms with van der Waals surface area (Å²) >= 11 is 0. The molecular formula is C27H48. The number of hydrogen-bond donors (Lipinski definition) is 0. The van der Waals surface area contributed by atoms with Gasteiger partial charge in [-0.2, -0.15) is 0 Å². The maximum Gasteiger partial charge on any atom is -0.00880 e. The minimum Gasteiger partial charge on any atom is -0.0845 e. The van der Waals surface area contributed by atoms with E-state index < -0.39 is 0 Å². The molecular weight excluding hydrogens is 324 g/mol. The van der Waals surface area contributed by atoms with Crippen LogP contribution < -0.4 is 0 Å². The van der Waals surface area contributed by atoms with Gasteiger partial charge in [-0.1, -0.05) is 79.4 Å². The highest BCUT2D eigenvalue weighted by Gasteiger charge is 2.58. The van der Waals surface area contributed by atoms with E-state index in [0.717, 1.165) is 35.5 Å². The number of rotatable bonds is 7. The van der Waals surface area contributed by atoms with Crippen molar-refractivity contribution in [3.8, 4) is 0 Å². The first-order chi connectivity index (χ1) is 12.8. The summed E-state index contributed by atoms with van der Waals surface area (Å²) in [6.45, 7) is 17.5. The van der Waals surface area contributed by atoms with E-state index in [1.165, 1.54) is 64.2 Å². The average molecular weight is 373 g/mol. The molecule has 0 aromatic heterocycles. The van der Waals surface area contributed by atoms with Gasteiger partial charge in [-0.25, -0.2) is 0 Å². The Balaban J connectivity index is 1.75. The standard InChI is InChI=1S/C27H48/c1-8-21-13-14-22-24-16-15-23(20(5)12-10-11-19(3)4)27(24,7)18-17-25(22)26(21,6)9-2/h13,19-20,22-25H,8-12,14-18H2,1-7H3. The molecule has 0 heteroatoms. The maximum atomic E-state index is 2.72. The van der Waals surface area contributed by atoms with Crippen LogP contribution in [0.1, 0.15) is 113 Å². The van der Waals surface area contributed by atoms with Gasteiger partial charge >= 0.3 is 0 Å². The minimum atomic E-state index is 0.486. The molecule has 0 aromatic carbocycles. The second-order valence-electron chi connectivity index (χ2n) is 11.5. The van der Waals surface area contributed by atoms with E-state index in [4.69, 9.17) is 0 Å². The van der Waals surface area contributed by atoms with Gasteiger partial charge in [0.2, 0.25) is 0 Å². The molecule has 0 radical (unpaired) electrons. The number of fused-ring (bicyclic) bond motifs is 3. The van der Waals surface area contributed by atoms with Crippen molar-refractivity contribution in [2.45, 2.75) is 113 Å². The van der Waals surface area contributed by atoms with E-state index in [0.29, 0.717) is 10.8 Å². The molecule has 156 valence electrons. The molecule has 0 aromatic rings. The molecule has 0 amide bonds. The fourth-order valence-electron chi connectivity index (χ4n) is 8.22. The average Bonchev–Trinajstić information content (AvgIpc) is 2.99. The Morgan fingerprint density at radius 1 is 1.00 bits per heavy atom. The second kappa shape index (κ2) is 8.23. The third-order valence-electron chi connectivity index (χ3n) is 9.94. The molecule has 0 nitrogen and oxygen atoms in total. The van der Waals surface area contributed by atoms with Crippen LogP contribution in [-0.2, 0) is 0 Å². The molecule has 3 aliphatic rings. The molecule has 7 unspecified atom stereocenters. The molecule has 0 aliphatic heterocycles. The molecule has 2 fully saturated rings. The van der Waals surface area contributed by atoms with Crippen LogP contribution in [0.3, 0.4) is 0 Å². The van der Waals surface area contributed by atoms with Crippen LogP contribution in [0.25, 0.3) is 0 Å². The van der Waals surface area contributed by atoms with E-state index in [-0.39, 0.29) is 0 Å². The lowest BCUT2D eigenvalue weighted by atomic mass is 9.48. The van der Waals surface area contributed by atoms with E-state index in [2.05, 4.69) is 54.5 Å². The van der Waals surface area contributed by atoms with Crippen molar-refractivity contribution in [1.29, 1.82) is 0 Å². The Morgan fingerprint density at radius 3 is 2.37 bits per heavy atom. The Labute approximate surface area is 171 Å². The van der Waals surface area contributed by atoms with Crippen LogP contribution in [0, 0.1) is 46.3 Å². The number of hydrogen-bond acceptors (Lipinski definition) is 0. The first-order valence-corrected chi connectivity index (χ1v) is 12.5. The molecule has 3 aliphatic carbocycles. The lowest BCUT2D eigenvalue weighted by Crippen LogP contribution is -2.49. The SMILES string of the molecule is CCC1=CCC2C(CCC3(C)C(C(C)CCCC(C)C)CCC23)C1(C)CC. The third-order valence-corrected chi connectivity index (χ3v) is 9.94. The summed E-state index contributed by atoms with van der Waals surface area (Å²) in [5.74, 6) is 5.70. The van der Waals surface area contributed by atoms with Gasteiger partial charge in [-0.3, -0.25) is 0 Å². The van der Waals surface area contributed by atoms with E-state index >= 15 is 0 Å². The normalized spacial score (nSPS) is 42.6. The molecule has 27 heavy (non-hydrogen) atoms. The molecule has 2 saturated carbocycles. The van der Waals surface area contributed by atoms with Crippen LogP contribution in [0.5, 0.6) is 0 Å². The van der Waals surface area contributed by atoms with E-state index in [1.54, 1.807) is 5.57 Å². The summed E-state index contributed by atoms with van der Waals surface area (Å²) < 4.78 is 0. The van der Waals surface area contributed by atoms with Crippen LogP contribution in [0.4, 0.5) is 0 Å². The van der Waals surface area contributed by atoms with Crippen LogP contribution >= 0.6 is 0 Å². The van der Waals surface area contributed by atoms with Gasteiger partial charge in [0.15, 0.2) is 0 Å². The monoisotopic (exact) mass is 372 g/mol. The fourth-order valence-corrected chi connectivity index (χ4v) is 8.22. The van der Waals surface area contributed by atoms with Gasteiger partial charge in [0.1, 0.15) is 0 Å². The van der Waals surface area contributed by atoms with Crippen molar-refractivity contribution in [1.82, 2.24) is 0 Å². The van der Waals surface area contributed by atoms with Gasteiger partial charge in [-0.15, -0.1) is 0 Å². The predicted molar refractivity (Wildman–Crippen MR) is 120 cm³/mol. The Bertz CT molecular complexity index is 528. The molecule has 0 heterocycles. The molecule has 7 atom stereocenters. The molecule has 0 saturated heterocycles. The van der Waals surface area contributed by atoms with Gasteiger partial charge in [0, 0.05) is 0 Å². The summed E-state index contributed by atoms with van der Waals surface area (Å²) in [6.07, 6.45) is 17.0. The lowest BCUT2D eigenvalue weighted by molar-refractivity contribution is -0.0453. The van der Waals surface area contributed by atoms with Crippen molar-refractivity contribution in [2.24, 2.45) is 46.3 Å². The van der Waals surface area contributed by atoms with Gasteiger partial charge < -0.3 is 0 Å². The quantitative estimate of drug-likeness (QED) is 0.392. The Kier molecular flexibility index (Phi) is 6.54. The maximum absolute atomic E-state index is 2.72. The first kappa shape index (κ1) is 21.4. The Morgan fingerprint density at radius 2 is 1.74 bits per heavy atom. The van der Waals surface area contributed by atoms with Crippen LogP contribution in [0.15, 0.2) is 11.6 Å². The third kappa shape index (κ3) is 3.69. The largest absolute Gasteiger partial charge is 0.0845 e. The summed E-state index contributed by atoms with van der Waals surface area (Å²) in [6, 6.07) is 0. The van der Waals surface area contributed by atoms with Crippen molar-refractivity contribution in [3.63, 3.8) is 0 Å². The summed E-state index contributed by atoms with van der Waals surface area (Å²) in [5, 5.41) is 0. The highest BCUT2D eigenvalue weighted by atomic mass is 14.6. The lowest BCUT2D eigenvalue weighted by Gasteiger charge is -2.57. The smallest absolute Gasteiger partial charge is 0.00880 e. The Hall–Kier alpha value is -0.260. The van der Waals surface area contributed by atoms with E-state index in [9.17, 15) is 0 Å². The van der Waals surface area contributed by atoms with E-state index in [1.807, 2.05) is 0 Å². The van der Waals surface area contributed by atoms with Crippen molar-refractivity contribution in [3.05, 3.63) is 11.6 Å². The zero-order chi connectivity index (χ0) is 19.8. The van der Waals surface area contributed by atoms with Gasteiger partial charge in [0.25, 0.3) is 0 Å². The molecule has 3 rings (SSSR count). The summed E-state index contributed by atoms with van der Waals surface area (Å²) in [7, 11) is 0. The van der Waals surface area contributed by atoms with Crippen LogP contribution in [-0.4, -0.2) is 0 Å².